The Bertz CT molecular complexity index is 700. The van der Waals surface area contributed by atoms with Crippen molar-refractivity contribution in [2.75, 3.05) is 45.1 Å². The SMILES string of the molecule is COc1cccc(NC(=O)NCCc2ccc(N(C)C)cc2)c1OC. The van der Waals surface area contributed by atoms with E-state index in [1.165, 1.54) is 5.56 Å². The van der Waals surface area contributed by atoms with Gasteiger partial charge in [0.15, 0.2) is 11.5 Å². The van der Waals surface area contributed by atoms with Crippen LogP contribution in [0.5, 0.6) is 11.5 Å². The lowest BCUT2D eigenvalue weighted by molar-refractivity contribution is 0.252. The van der Waals surface area contributed by atoms with Crippen molar-refractivity contribution < 1.29 is 14.3 Å². The van der Waals surface area contributed by atoms with Crippen LogP contribution in [0.4, 0.5) is 16.2 Å². The number of carbonyl (C=O) groups is 1. The number of carbonyl (C=O) groups excluding carboxylic acids is 1. The highest BCUT2D eigenvalue weighted by Crippen LogP contribution is 2.34. The summed E-state index contributed by atoms with van der Waals surface area (Å²) in [6, 6.07) is 13.3. The van der Waals surface area contributed by atoms with Crippen molar-refractivity contribution in [3.63, 3.8) is 0 Å². The van der Waals surface area contributed by atoms with Crippen molar-refractivity contribution >= 4 is 17.4 Å². The molecule has 134 valence electrons. The average Bonchev–Trinajstić information content (AvgIpc) is 2.61. The van der Waals surface area contributed by atoms with E-state index in [1.54, 1.807) is 32.4 Å². The van der Waals surface area contributed by atoms with Crippen LogP contribution in [0.3, 0.4) is 0 Å². The second kappa shape index (κ2) is 8.82. The molecule has 0 fully saturated rings. The summed E-state index contributed by atoms with van der Waals surface area (Å²) < 4.78 is 10.5. The van der Waals surface area contributed by atoms with E-state index in [9.17, 15) is 4.79 Å². The van der Waals surface area contributed by atoms with Gasteiger partial charge in [-0.3, -0.25) is 0 Å². The summed E-state index contributed by atoms with van der Waals surface area (Å²) in [6.45, 7) is 0.541. The summed E-state index contributed by atoms with van der Waals surface area (Å²) in [5.41, 5.74) is 2.89. The van der Waals surface area contributed by atoms with Crippen LogP contribution in [0.2, 0.25) is 0 Å². The lowest BCUT2D eigenvalue weighted by atomic mass is 10.1. The number of methoxy groups -OCH3 is 2. The van der Waals surface area contributed by atoms with E-state index in [-0.39, 0.29) is 6.03 Å². The molecule has 2 aromatic carbocycles. The third-order valence-corrected chi connectivity index (χ3v) is 3.80. The summed E-state index contributed by atoms with van der Waals surface area (Å²) in [5.74, 6) is 1.07. The van der Waals surface area contributed by atoms with Gasteiger partial charge in [-0.15, -0.1) is 0 Å². The Morgan fingerprint density at radius 1 is 1.04 bits per heavy atom. The van der Waals surface area contributed by atoms with Gasteiger partial charge in [-0.2, -0.15) is 0 Å². The first-order valence-corrected chi connectivity index (χ1v) is 8.07. The van der Waals surface area contributed by atoms with E-state index >= 15 is 0 Å². The smallest absolute Gasteiger partial charge is 0.319 e. The topological polar surface area (TPSA) is 62.8 Å². The van der Waals surface area contributed by atoms with E-state index in [1.807, 2.05) is 14.1 Å². The predicted octanol–water partition coefficient (Wildman–Crippen LogP) is 3.13. The molecule has 0 atom stereocenters. The fraction of sp³-hybridized carbons (Fsp3) is 0.316. The highest BCUT2D eigenvalue weighted by atomic mass is 16.5. The minimum atomic E-state index is -0.281. The average molecular weight is 343 g/mol. The number of rotatable bonds is 7. The van der Waals surface area contributed by atoms with Gasteiger partial charge in [-0.05, 0) is 36.2 Å². The Hall–Kier alpha value is -2.89. The number of hydrogen-bond donors (Lipinski definition) is 2. The molecule has 6 heteroatoms. The molecule has 0 aromatic heterocycles. The molecule has 0 spiro atoms. The Balaban J connectivity index is 1.87. The van der Waals surface area contributed by atoms with Crippen molar-refractivity contribution in [3.8, 4) is 11.5 Å². The van der Waals surface area contributed by atoms with Crippen molar-refractivity contribution in [1.29, 1.82) is 0 Å². The third kappa shape index (κ3) is 5.04. The molecule has 0 saturated carbocycles. The van der Waals surface area contributed by atoms with Gasteiger partial charge in [-0.25, -0.2) is 4.79 Å². The molecular weight excluding hydrogens is 318 g/mol. The van der Waals surface area contributed by atoms with Crippen LogP contribution in [0, 0.1) is 0 Å². The van der Waals surface area contributed by atoms with E-state index in [0.29, 0.717) is 23.7 Å². The van der Waals surface area contributed by atoms with E-state index < -0.39 is 0 Å². The van der Waals surface area contributed by atoms with Gasteiger partial charge in [-0.1, -0.05) is 18.2 Å². The Labute approximate surface area is 148 Å². The summed E-state index contributed by atoms with van der Waals surface area (Å²) in [7, 11) is 7.11. The molecule has 0 unspecified atom stereocenters. The highest BCUT2D eigenvalue weighted by Gasteiger charge is 2.11. The molecule has 0 saturated heterocycles. The molecule has 0 bridgehead atoms. The molecule has 6 nitrogen and oxygen atoms in total. The molecule has 0 aliphatic heterocycles. The standard InChI is InChI=1S/C19H25N3O3/c1-22(2)15-10-8-14(9-11-15)12-13-20-19(23)21-16-6-5-7-17(24-3)18(16)25-4/h5-11H,12-13H2,1-4H3,(H2,20,21,23). The molecule has 0 radical (unpaired) electrons. The third-order valence-electron chi connectivity index (χ3n) is 3.80. The van der Waals surface area contributed by atoms with E-state index in [0.717, 1.165) is 12.1 Å². The maximum atomic E-state index is 12.1. The Morgan fingerprint density at radius 3 is 2.36 bits per heavy atom. The zero-order valence-electron chi connectivity index (χ0n) is 15.1. The van der Waals surface area contributed by atoms with Crippen LogP contribution in [0.1, 0.15) is 5.56 Å². The first-order chi connectivity index (χ1) is 12.0. The Morgan fingerprint density at radius 2 is 1.76 bits per heavy atom. The Kier molecular flexibility index (Phi) is 6.51. The number of nitrogens with zero attached hydrogens (tertiary/aromatic N) is 1. The van der Waals surface area contributed by atoms with Gasteiger partial charge >= 0.3 is 6.03 Å². The molecule has 2 amide bonds. The monoisotopic (exact) mass is 343 g/mol. The van der Waals surface area contributed by atoms with Gasteiger partial charge in [0, 0.05) is 26.3 Å². The molecule has 0 aliphatic carbocycles. The maximum Gasteiger partial charge on any atom is 0.319 e. The molecule has 0 aliphatic rings. The molecular formula is C19H25N3O3. The zero-order valence-corrected chi connectivity index (χ0v) is 15.1. The van der Waals surface area contributed by atoms with Gasteiger partial charge in [0.2, 0.25) is 0 Å². The normalized spacial score (nSPS) is 10.1. The van der Waals surface area contributed by atoms with Crippen molar-refractivity contribution in [2.45, 2.75) is 6.42 Å². The van der Waals surface area contributed by atoms with Gasteiger partial charge in [0.05, 0.1) is 19.9 Å². The second-order valence-corrected chi connectivity index (χ2v) is 5.73. The molecule has 25 heavy (non-hydrogen) atoms. The van der Waals surface area contributed by atoms with Crippen LogP contribution in [0.15, 0.2) is 42.5 Å². The fourth-order valence-electron chi connectivity index (χ4n) is 2.43. The van der Waals surface area contributed by atoms with E-state index in [2.05, 4.69) is 39.8 Å². The second-order valence-electron chi connectivity index (χ2n) is 5.73. The van der Waals surface area contributed by atoms with E-state index in [4.69, 9.17) is 9.47 Å². The van der Waals surface area contributed by atoms with Crippen LogP contribution >= 0.6 is 0 Å². The number of anilines is 2. The van der Waals surface area contributed by atoms with Crippen LogP contribution in [-0.2, 0) is 6.42 Å². The fourth-order valence-corrected chi connectivity index (χ4v) is 2.43. The largest absolute Gasteiger partial charge is 0.493 e. The minimum absolute atomic E-state index is 0.281. The number of amides is 2. The van der Waals surface area contributed by atoms with Gasteiger partial charge < -0.3 is 25.0 Å². The summed E-state index contributed by atoms with van der Waals surface area (Å²) >= 11 is 0. The van der Waals surface area contributed by atoms with Crippen LogP contribution in [0.25, 0.3) is 0 Å². The number of para-hydroxylation sites is 1. The highest BCUT2D eigenvalue weighted by molar-refractivity contribution is 5.91. The quantitative estimate of drug-likeness (QED) is 0.811. The van der Waals surface area contributed by atoms with Crippen LogP contribution in [-0.4, -0.2) is 40.9 Å². The summed E-state index contributed by atoms with van der Waals surface area (Å²) in [4.78, 5) is 14.1. The summed E-state index contributed by atoms with van der Waals surface area (Å²) in [6.07, 6.45) is 0.760. The van der Waals surface area contributed by atoms with Crippen molar-refractivity contribution in [1.82, 2.24) is 5.32 Å². The first kappa shape index (κ1) is 18.4. The number of urea groups is 1. The molecule has 2 N–H and O–H groups in total. The zero-order chi connectivity index (χ0) is 18.2. The molecule has 2 aromatic rings. The minimum Gasteiger partial charge on any atom is -0.493 e. The predicted molar refractivity (Wildman–Crippen MR) is 101 cm³/mol. The molecule has 2 rings (SSSR count). The number of benzene rings is 2. The first-order valence-electron chi connectivity index (χ1n) is 8.07. The van der Waals surface area contributed by atoms with Crippen LogP contribution < -0.4 is 25.0 Å². The lowest BCUT2D eigenvalue weighted by Gasteiger charge is -2.14. The van der Waals surface area contributed by atoms with Gasteiger partial charge in [0.25, 0.3) is 0 Å². The maximum absolute atomic E-state index is 12.1. The lowest BCUT2D eigenvalue weighted by Crippen LogP contribution is -2.30. The number of hydrogen-bond acceptors (Lipinski definition) is 4. The van der Waals surface area contributed by atoms with Crippen molar-refractivity contribution in [2.24, 2.45) is 0 Å². The van der Waals surface area contributed by atoms with Crippen molar-refractivity contribution in [3.05, 3.63) is 48.0 Å². The summed E-state index contributed by atoms with van der Waals surface area (Å²) in [5, 5.41) is 5.63. The number of nitrogens with one attached hydrogen (secondary N) is 2. The molecule has 0 heterocycles. The number of ether oxygens (including phenoxy) is 2. The van der Waals surface area contributed by atoms with Gasteiger partial charge in [0.1, 0.15) is 0 Å².